The summed E-state index contributed by atoms with van der Waals surface area (Å²) in [6.07, 6.45) is 0.441. The quantitative estimate of drug-likeness (QED) is 0.828. The molecule has 15 heavy (non-hydrogen) atoms. The van der Waals surface area contributed by atoms with Crippen molar-refractivity contribution in [1.29, 1.82) is 0 Å². The summed E-state index contributed by atoms with van der Waals surface area (Å²) >= 11 is 0. The van der Waals surface area contributed by atoms with Crippen molar-refractivity contribution in [3.05, 3.63) is 12.5 Å². The van der Waals surface area contributed by atoms with Crippen LogP contribution in [0.1, 0.15) is 0 Å². The Hall–Kier alpha value is -1.79. The first-order valence-corrected chi connectivity index (χ1v) is 4.32. The average molecular weight is 213 g/mol. The molecule has 2 aromatic heterocycles. The van der Waals surface area contributed by atoms with Gasteiger partial charge in [-0.25, -0.2) is 18.7 Å². The molecule has 0 atom stereocenters. The zero-order chi connectivity index (χ0) is 10.8. The van der Waals surface area contributed by atoms with Gasteiger partial charge < -0.3 is 4.90 Å². The number of alkyl halides is 2. The number of anilines is 1. The molecule has 80 valence electrons. The van der Waals surface area contributed by atoms with E-state index >= 15 is 0 Å². The topological polar surface area (TPSA) is 57.7 Å². The van der Waals surface area contributed by atoms with Crippen molar-refractivity contribution < 1.29 is 8.78 Å². The predicted molar refractivity (Wildman–Crippen MR) is 51.0 cm³/mol. The van der Waals surface area contributed by atoms with E-state index in [0.29, 0.717) is 16.9 Å². The minimum absolute atomic E-state index is 0.364. The Morgan fingerprint density at radius 2 is 2.27 bits per heavy atom. The molecule has 0 saturated carbocycles. The maximum Gasteiger partial charge on any atom is 0.255 e. The molecule has 0 bridgehead atoms. The lowest BCUT2D eigenvalue weighted by Crippen LogP contribution is -2.25. The summed E-state index contributed by atoms with van der Waals surface area (Å²) in [4.78, 5) is 9.25. The van der Waals surface area contributed by atoms with E-state index in [9.17, 15) is 8.78 Å². The van der Waals surface area contributed by atoms with Crippen LogP contribution in [-0.2, 0) is 0 Å². The highest BCUT2D eigenvalue weighted by Crippen LogP contribution is 2.19. The van der Waals surface area contributed by atoms with E-state index in [1.807, 2.05) is 0 Å². The molecule has 2 heterocycles. The Balaban J connectivity index is 2.38. The molecule has 0 fully saturated rings. The summed E-state index contributed by atoms with van der Waals surface area (Å²) in [7, 11) is 1.56. The van der Waals surface area contributed by atoms with Crippen molar-refractivity contribution >= 4 is 16.9 Å². The van der Waals surface area contributed by atoms with Gasteiger partial charge in [0.1, 0.15) is 12.1 Å². The number of aromatic nitrogens is 4. The fourth-order valence-corrected chi connectivity index (χ4v) is 1.35. The van der Waals surface area contributed by atoms with E-state index in [2.05, 4.69) is 20.2 Å². The molecule has 7 heteroatoms. The fraction of sp³-hybridized carbons (Fsp3) is 0.375. The van der Waals surface area contributed by atoms with Gasteiger partial charge in [-0.15, -0.1) is 0 Å². The van der Waals surface area contributed by atoms with Crippen LogP contribution in [0.4, 0.5) is 14.6 Å². The number of nitrogens with one attached hydrogen (secondary N) is 1. The monoisotopic (exact) mass is 213 g/mol. The van der Waals surface area contributed by atoms with Gasteiger partial charge in [0.2, 0.25) is 0 Å². The second kappa shape index (κ2) is 3.76. The average Bonchev–Trinajstić information content (AvgIpc) is 2.63. The smallest absolute Gasteiger partial charge is 0.255 e. The second-order valence-electron chi connectivity index (χ2n) is 3.10. The number of fused-ring (bicyclic) bond motifs is 1. The third-order valence-corrected chi connectivity index (χ3v) is 2.00. The van der Waals surface area contributed by atoms with E-state index in [0.717, 1.165) is 0 Å². The molecule has 1 N–H and O–H groups in total. The van der Waals surface area contributed by atoms with Gasteiger partial charge >= 0.3 is 0 Å². The van der Waals surface area contributed by atoms with E-state index in [1.54, 1.807) is 7.05 Å². The molecule has 0 aromatic carbocycles. The zero-order valence-corrected chi connectivity index (χ0v) is 7.98. The Labute approximate surface area is 84.1 Å². The first kappa shape index (κ1) is 9.75. The van der Waals surface area contributed by atoms with Gasteiger partial charge in [-0.05, 0) is 0 Å². The van der Waals surface area contributed by atoms with Crippen LogP contribution in [0.15, 0.2) is 12.5 Å². The molecular weight excluding hydrogens is 204 g/mol. The van der Waals surface area contributed by atoms with Crippen LogP contribution in [-0.4, -0.2) is 40.2 Å². The van der Waals surface area contributed by atoms with Gasteiger partial charge in [0.15, 0.2) is 5.65 Å². The first-order valence-electron chi connectivity index (χ1n) is 4.32. The Morgan fingerprint density at radius 3 is 3.00 bits per heavy atom. The highest BCUT2D eigenvalue weighted by atomic mass is 19.3. The SMILES string of the molecule is CN(CC(F)F)c1ncnc2[nH]ncc12. The van der Waals surface area contributed by atoms with Gasteiger partial charge in [0, 0.05) is 7.05 Å². The molecule has 5 nitrogen and oxygen atoms in total. The molecule has 0 amide bonds. The third-order valence-electron chi connectivity index (χ3n) is 2.00. The zero-order valence-electron chi connectivity index (χ0n) is 7.98. The van der Waals surface area contributed by atoms with Crippen molar-refractivity contribution in [3.8, 4) is 0 Å². The van der Waals surface area contributed by atoms with Crippen LogP contribution in [0.3, 0.4) is 0 Å². The van der Waals surface area contributed by atoms with Crippen LogP contribution in [0.25, 0.3) is 11.0 Å². The maximum atomic E-state index is 12.2. The van der Waals surface area contributed by atoms with Crippen molar-refractivity contribution in [2.45, 2.75) is 6.43 Å². The van der Waals surface area contributed by atoms with Crippen LogP contribution in [0.5, 0.6) is 0 Å². The lowest BCUT2D eigenvalue weighted by atomic mass is 10.3. The molecule has 0 unspecified atom stereocenters. The molecule has 2 rings (SSSR count). The number of nitrogens with zero attached hydrogens (tertiary/aromatic N) is 4. The highest BCUT2D eigenvalue weighted by Gasteiger charge is 2.13. The fourth-order valence-electron chi connectivity index (χ4n) is 1.35. The van der Waals surface area contributed by atoms with Crippen LogP contribution in [0, 0.1) is 0 Å². The lowest BCUT2D eigenvalue weighted by molar-refractivity contribution is 0.156. The number of halogens is 2. The van der Waals surface area contributed by atoms with Crippen molar-refractivity contribution in [1.82, 2.24) is 20.2 Å². The van der Waals surface area contributed by atoms with E-state index < -0.39 is 6.43 Å². The van der Waals surface area contributed by atoms with Crippen LogP contribution >= 0.6 is 0 Å². The molecule has 0 aliphatic carbocycles. The standard InChI is InChI=1S/C8H9F2N5/c1-15(3-6(9)10)8-5-2-13-14-7(5)11-4-12-8/h2,4,6H,3H2,1H3,(H,11,12,13,14). The lowest BCUT2D eigenvalue weighted by Gasteiger charge is -2.17. The summed E-state index contributed by atoms with van der Waals surface area (Å²) in [5, 5.41) is 7.07. The van der Waals surface area contributed by atoms with Gasteiger partial charge in [-0.2, -0.15) is 5.10 Å². The number of hydrogen-bond donors (Lipinski definition) is 1. The van der Waals surface area contributed by atoms with Crippen LogP contribution in [0.2, 0.25) is 0 Å². The van der Waals surface area contributed by atoms with E-state index in [4.69, 9.17) is 0 Å². The summed E-state index contributed by atoms with van der Waals surface area (Å²) in [6.45, 7) is -0.364. The van der Waals surface area contributed by atoms with Gasteiger partial charge in [-0.1, -0.05) is 0 Å². The summed E-state index contributed by atoms with van der Waals surface area (Å²) in [5.41, 5.74) is 0.543. The normalized spacial score (nSPS) is 11.2. The summed E-state index contributed by atoms with van der Waals surface area (Å²) in [5.74, 6) is 0.453. The third kappa shape index (κ3) is 1.85. The van der Waals surface area contributed by atoms with Gasteiger partial charge in [0.25, 0.3) is 6.43 Å². The number of rotatable bonds is 3. The molecule has 0 aliphatic heterocycles. The van der Waals surface area contributed by atoms with Crippen molar-refractivity contribution in [2.75, 3.05) is 18.5 Å². The van der Waals surface area contributed by atoms with Crippen molar-refractivity contribution in [3.63, 3.8) is 0 Å². The molecule has 2 aromatic rings. The molecule has 0 aliphatic rings. The minimum atomic E-state index is -2.40. The highest BCUT2D eigenvalue weighted by molar-refractivity contribution is 5.85. The van der Waals surface area contributed by atoms with Gasteiger partial charge in [0.05, 0.1) is 18.1 Å². The van der Waals surface area contributed by atoms with E-state index in [-0.39, 0.29) is 6.54 Å². The summed E-state index contributed by atoms with van der Waals surface area (Å²) in [6, 6.07) is 0. The maximum absolute atomic E-state index is 12.2. The van der Waals surface area contributed by atoms with E-state index in [1.165, 1.54) is 17.4 Å². The Morgan fingerprint density at radius 1 is 1.47 bits per heavy atom. The number of hydrogen-bond acceptors (Lipinski definition) is 4. The largest absolute Gasteiger partial charge is 0.353 e. The predicted octanol–water partition coefficient (Wildman–Crippen LogP) is 1.05. The second-order valence-corrected chi connectivity index (χ2v) is 3.10. The molecular formula is C8H9F2N5. The molecule has 0 radical (unpaired) electrons. The minimum Gasteiger partial charge on any atom is -0.353 e. The number of aromatic amines is 1. The van der Waals surface area contributed by atoms with Crippen molar-refractivity contribution in [2.24, 2.45) is 0 Å². The number of H-pyrrole nitrogens is 1. The van der Waals surface area contributed by atoms with Crippen LogP contribution < -0.4 is 4.90 Å². The molecule has 0 saturated heterocycles. The molecule has 0 spiro atoms. The Bertz CT molecular complexity index is 455. The summed E-state index contributed by atoms with van der Waals surface area (Å²) < 4.78 is 24.4. The Kier molecular flexibility index (Phi) is 2.44. The first-order chi connectivity index (χ1) is 7.18. The van der Waals surface area contributed by atoms with Gasteiger partial charge in [-0.3, -0.25) is 5.10 Å².